The Bertz CT molecular complexity index is 402. The molecule has 0 saturated carbocycles. The molecular weight excluding hydrogens is 272 g/mol. The van der Waals surface area contributed by atoms with E-state index < -0.39 is 0 Å². The van der Waals surface area contributed by atoms with Crippen molar-refractivity contribution < 1.29 is 14.9 Å². The molecule has 7 heteroatoms. The predicted molar refractivity (Wildman–Crippen MR) is 76.7 cm³/mol. The minimum atomic E-state index is -0.129. The molecule has 0 amide bonds. The van der Waals surface area contributed by atoms with E-state index in [1.54, 1.807) is 12.1 Å². The van der Waals surface area contributed by atoms with E-state index in [2.05, 4.69) is 10.5 Å². The maximum atomic E-state index is 10.7. The minimum absolute atomic E-state index is 0. The van der Waals surface area contributed by atoms with Crippen LogP contribution in [-0.2, 0) is 6.42 Å². The van der Waals surface area contributed by atoms with Crippen molar-refractivity contribution in [1.82, 2.24) is 0 Å². The largest absolute Gasteiger partial charge is 0.488 e. The van der Waals surface area contributed by atoms with Crippen molar-refractivity contribution >= 4 is 23.8 Å². The lowest BCUT2D eigenvalue weighted by Crippen LogP contribution is -2.10. The van der Waals surface area contributed by atoms with Gasteiger partial charge in [0.15, 0.2) is 5.75 Å². The summed E-state index contributed by atoms with van der Waals surface area (Å²) in [5.41, 5.74) is 1.83. The number of aliphatic hydroxyl groups excluding tert-OH is 2. The second kappa shape index (κ2) is 9.55. The Labute approximate surface area is 118 Å². The van der Waals surface area contributed by atoms with Crippen LogP contribution in [-0.4, -0.2) is 36.6 Å². The van der Waals surface area contributed by atoms with Crippen molar-refractivity contribution in [3.63, 3.8) is 0 Å². The third-order valence-electron chi connectivity index (χ3n) is 2.46. The van der Waals surface area contributed by atoms with Gasteiger partial charge in [0.1, 0.15) is 12.3 Å². The fourth-order valence-electron chi connectivity index (χ4n) is 1.70. The maximum absolute atomic E-state index is 10.7. The average molecular weight is 291 g/mol. The summed E-state index contributed by atoms with van der Waals surface area (Å²) >= 11 is 0. The lowest BCUT2D eigenvalue weighted by atomic mass is 10.1. The normalized spacial score (nSPS) is 9.63. The number of ether oxygens (including phenoxy) is 1. The van der Waals surface area contributed by atoms with Gasteiger partial charge < -0.3 is 20.3 Å². The second-order valence-electron chi connectivity index (χ2n) is 3.61. The monoisotopic (exact) mass is 290 g/mol. The smallest absolute Gasteiger partial charge is 0.153 e. The molecule has 1 aromatic carbocycles. The first-order valence-corrected chi connectivity index (χ1v) is 5.86. The molecule has 0 unspecified atom stereocenters. The van der Waals surface area contributed by atoms with Crippen LogP contribution in [0.1, 0.15) is 12.5 Å². The van der Waals surface area contributed by atoms with E-state index >= 15 is 0 Å². The van der Waals surface area contributed by atoms with Gasteiger partial charge in [0.2, 0.25) is 0 Å². The Balaban J connectivity index is 0.00000324. The van der Waals surface area contributed by atoms with Crippen molar-refractivity contribution in [3.8, 4) is 5.75 Å². The van der Waals surface area contributed by atoms with Gasteiger partial charge in [-0.3, -0.25) is 0 Å². The second-order valence-corrected chi connectivity index (χ2v) is 3.61. The van der Waals surface area contributed by atoms with Crippen LogP contribution in [0.25, 0.3) is 0 Å². The van der Waals surface area contributed by atoms with E-state index in [1.165, 1.54) is 0 Å². The van der Waals surface area contributed by atoms with Gasteiger partial charge in [-0.15, -0.1) is 17.3 Å². The number of halogens is 1. The summed E-state index contributed by atoms with van der Waals surface area (Å²) in [4.78, 5) is 10.7. The van der Waals surface area contributed by atoms with Crippen molar-refractivity contribution in [2.24, 2.45) is 5.18 Å². The Morgan fingerprint density at radius 1 is 1.32 bits per heavy atom. The Kier molecular flexibility index (Phi) is 8.86. The zero-order valence-electron chi connectivity index (χ0n) is 10.8. The summed E-state index contributed by atoms with van der Waals surface area (Å²) in [6.45, 7) is 2.35. The third-order valence-corrected chi connectivity index (χ3v) is 2.46. The lowest BCUT2D eigenvalue weighted by molar-refractivity contribution is 0.201. The minimum Gasteiger partial charge on any atom is -0.488 e. The molecule has 0 radical (unpaired) electrons. The molecule has 0 aliphatic carbocycles. The number of nitroso groups, excluding NO2 is 1. The molecule has 0 fully saturated rings. The molecule has 19 heavy (non-hydrogen) atoms. The number of aliphatic hydroxyl groups is 2. The lowest BCUT2D eigenvalue weighted by Gasteiger charge is -2.16. The van der Waals surface area contributed by atoms with Crippen LogP contribution in [0.3, 0.4) is 0 Å². The highest BCUT2D eigenvalue weighted by Crippen LogP contribution is 2.36. The van der Waals surface area contributed by atoms with Gasteiger partial charge >= 0.3 is 0 Å². The van der Waals surface area contributed by atoms with Crippen LogP contribution in [0.4, 0.5) is 11.4 Å². The Hall–Kier alpha value is -1.37. The van der Waals surface area contributed by atoms with Gasteiger partial charge in [0.05, 0.1) is 13.2 Å². The molecule has 0 heterocycles. The topological polar surface area (TPSA) is 91.2 Å². The van der Waals surface area contributed by atoms with Gasteiger partial charge in [-0.2, -0.15) is 0 Å². The van der Waals surface area contributed by atoms with E-state index in [9.17, 15) is 4.91 Å². The van der Waals surface area contributed by atoms with Gasteiger partial charge in [0.25, 0.3) is 0 Å². The molecule has 0 bridgehead atoms. The van der Waals surface area contributed by atoms with Gasteiger partial charge in [-0.1, -0.05) is 6.92 Å². The highest BCUT2D eigenvalue weighted by molar-refractivity contribution is 5.85. The number of rotatable bonds is 8. The molecule has 0 saturated heterocycles. The molecule has 108 valence electrons. The van der Waals surface area contributed by atoms with Crippen molar-refractivity contribution in [3.05, 3.63) is 22.6 Å². The van der Waals surface area contributed by atoms with Gasteiger partial charge in [-0.05, 0) is 23.7 Å². The first kappa shape index (κ1) is 17.6. The van der Waals surface area contributed by atoms with E-state index in [4.69, 9.17) is 14.9 Å². The molecule has 0 spiro atoms. The fourth-order valence-corrected chi connectivity index (χ4v) is 1.70. The molecule has 0 aliphatic heterocycles. The number of nitrogens with zero attached hydrogens (tertiary/aromatic N) is 1. The standard InChI is InChI=1S/C12H18N2O4.ClH/c1-2-9-10(13-5-6-15)3-4-11(14-17)12(9)18-8-7-16;/h3-4,13,15-16H,2,5-8H2,1H3;1H. The van der Waals surface area contributed by atoms with Gasteiger partial charge in [-0.25, -0.2) is 0 Å². The number of hydrogen-bond donors (Lipinski definition) is 3. The highest BCUT2D eigenvalue weighted by atomic mass is 35.5. The molecule has 1 rings (SSSR count). The summed E-state index contributed by atoms with van der Waals surface area (Å²) in [7, 11) is 0. The van der Waals surface area contributed by atoms with Crippen molar-refractivity contribution in [2.75, 3.05) is 31.7 Å². The summed E-state index contributed by atoms with van der Waals surface area (Å²) < 4.78 is 5.37. The van der Waals surface area contributed by atoms with Crippen LogP contribution in [0.2, 0.25) is 0 Å². The quantitative estimate of drug-likeness (QED) is 0.636. The third kappa shape index (κ3) is 4.66. The summed E-state index contributed by atoms with van der Waals surface area (Å²) in [5.74, 6) is 0.393. The molecule has 0 atom stereocenters. The SMILES string of the molecule is CCc1c(NCCO)ccc(N=O)c1OCCO.Cl. The zero-order chi connectivity index (χ0) is 13.4. The van der Waals surface area contributed by atoms with Gasteiger partial charge in [0, 0.05) is 17.8 Å². The zero-order valence-corrected chi connectivity index (χ0v) is 11.6. The molecule has 0 aromatic heterocycles. The van der Waals surface area contributed by atoms with Crippen LogP contribution in [0, 0.1) is 4.91 Å². The number of hydrogen-bond acceptors (Lipinski definition) is 6. The maximum Gasteiger partial charge on any atom is 0.153 e. The Morgan fingerprint density at radius 3 is 2.58 bits per heavy atom. The van der Waals surface area contributed by atoms with Crippen molar-refractivity contribution in [2.45, 2.75) is 13.3 Å². The Morgan fingerprint density at radius 2 is 2.05 bits per heavy atom. The van der Waals surface area contributed by atoms with Crippen LogP contribution in [0.15, 0.2) is 17.3 Å². The van der Waals surface area contributed by atoms with Crippen LogP contribution >= 0.6 is 12.4 Å². The molecular formula is C12H19ClN2O4. The van der Waals surface area contributed by atoms with E-state index in [-0.39, 0.29) is 37.9 Å². The average Bonchev–Trinajstić information content (AvgIpc) is 2.42. The number of benzene rings is 1. The van der Waals surface area contributed by atoms with Crippen LogP contribution < -0.4 is 10.1 Å². The molecule has 3 N–H and O–H groups in total. The van der Waals surface area contributed by atoms with E-state index in [0.29, 0.717) is 18.7 Å². The van der Waals surface area contributed by atoms with E-state index in [0.717, 1.165) is 11.3 Å². The molecule has 1 aromatic rings. The summed E-state index contributed by atoms with van der Waals surface area (Å²) in [5, 5.41) is 23.6. The van der Waals surface area contributed by atoms with Crippen molar-refractivity contribution in [1.29, 1.82) is 0 Å². The molecule has 6 nitrogen and oxygen atoms in total. The van der Waals surface area contributed by atoms with Crippen LogP contribution in [0.5, 0.6) is 5.75 Å². The number of nitrogens with one attached hydrogen (secondary N) is 1. The summed E-state index contributed by atoms with van der Waals surface area (Å²) in [6, 6.07) is 3.29. The highest BCUT2D eigenvalue weighted by Gasteiger charge is 2.14. The predicted octanol–water partition coefficient (Wildman–Crippen LogP) is 1.84. The fraction of sp³-hybridized carbons (Fsp3) is 0.500. The number of anilines is 1. The molecule has 0 aliphatic rings. The van der Waals surface area contributed by atoms with E-state index in [1.807, 2.05) is 6.92 Å². The first-order chi connectivity index (χ1) is 8.78. The first-order valence-electron chi connectivity index (χ1n) is 5.86. The summed E-state index contributed by atoms with van der Waals surface area (Å²) in [6.07, 6.45) is 0.651.